The zero-order valence-electron chi connectivity index (χ0n) is 14.7. The predicted molar refractivity (Wildman–Crippen MR) is 101 cm³/mol. The SMILES string of the molecule is CC1(C(=O)OC2CCCN2)CCn2c(C(=O)c3ccccc3)ccc21.Cl. The molecule has 5 nitrogen and oxygen atoms in total. The second kappa shape index (κ2) is 7.25. The van der Waals surface area contributed by atoms with Crippen molar-refractivity contribution < 1.29 is 14.3 Å². The number of fused-ring (bicyclic) bond motifs is 1. The van der Waals surface area contributed by atoms with Crippen molar-refractivity contribution in [2.75, 3.05) is 6.54 Å². The van der Waals surface area contributed by atoms with Crippen molar-refractivity contribution in [3.63, 3.8) is 0 Å². The maximum Gasteiger partial charge on any atom is 0.319 e. The largest absolute Gasteiger partial charge is 0.446 e. The third kappa shape index (κ3) is 3.06. The van der Waals surface area contributed by atoms with Crippen molar-refractivity contribution in [2.24, 2.45) is 0 Å². The number of halogens is 1. The van der Waals surface area contributed by atoms with Crippen molar-refractivity contribution in [3.8, 4) is 0 Å². The zero-order valence-corrected chi connectivity index (χ0v) is 15.6. The number of carbonyl (C=O) groups excluding carboxylic acids is 2. The fraction of sp³-hybridized carbons (Fsp3) is 0.400. The van der Waals surface area contributed by atoms with Gasteiger partial charge in [0.2, 0.25) is 5.78 Å². The minimum absolute atomic E-state index is 0. The normalized spacial score (nSPS) is 24.0. The molecule has 2 aliphatic heterocycles. The van der Waals surface area contributed by atoms with E-state index in [1.54, 1.807) is 0 Å². The molecular formula is C20H23ClN2O3. The Morgan fingerprint density at radius 3 is 2.65 bits per heavy atom. The lowest BCUT2D eigenvalue weighted by Crippen LogP contribution is -2.38. The van der Waals surface area contributed by atoms with Crippen LogP contribution in [0, 0.1) is 0 Å². The van der Waals surface area contributed by atoms with Crippen LogP contribution in [-0.4, -0.2) is 29.1 Å². The van der Waals surface area contributed by atoms with Crippen LogP contribution in [0.3, 0.4) is 0 Å². The summed E-state index contributed by atoms with van der Waals surface area (Å²) in [6.45, 7) is 3.46. The second-order valence-electron chi connectivity index (χ2n) is 7.02. The van der Waals surface area contributed by atoms with Gasteiger partial charge in [0.15, 0.2) is 6.23 Å². The number of esters is 1. The Morgan fingerprint density at radius 2 is 1.96 bits per heavy atom. The summed E-state index contributed by atoms with van der Waals surface area (Å²) in [5.41, 5.74) is 1.47. The molecule has 2 aromatic rings. The van der Waals surface area contributed by atoms with Gasteiger partial charge in [0.25, 0.3) is 0 Å². The van der Waals surface area contributed by atoms with Gasteiger partial charge >= 0.3 is 5.97 Å². The zero-order chi connectivity index (χ0) is 17.4. The molecule has 6 heteroatoms. The standard InChI is InChI=1S/C20H22N2O3.ClH/c1-20(19(24)25-17-8-5-12-21-17)11-13-22-15(9-10-16(20)22)18(23)14-6-3-2-4-7-14;/h2-4,6-7,9-10,17,21H,5,8,11-13H2,1H3;1H. The number of benzene rings is 1. The number of rotatable bonds is 4. The highest BCUT2D eigenvalue weighted by Crippen LogP contribution is 2.38. The van der Waals surface area contributed by atoms with E-state index in [0.717, 1.165) is 25.1 Å². The van der Waals surface area contributed by atoms with Gasteiger partial charge in [-0.25, -0.2) is 0 Å². The lowest BCUT2D eigenvalue weighted by molar-refractivity contribution is -0.156. The number of carbonyl (C=O) groups is 2. The molecular weight excluding hydrogens is 352 g/mol. The predicted octanol–water partition coefficient (Wildman–Crippen LogP) is 3.06. The van der Waals surface area contributed by atoms with Gasteiger partial charge in [0.05, 0.1) is 5.69 Å². The van der Waals surface area contributed by atoms with Crippen LogP contribution in [0.25, 0.3) is 0 Å². The number of aromatic nitrogens is 1. The monoisotopic (exact) mass is 374 g/mol. The van der Waals surface area contributed by atoms with E-state index in [4.69, 9.17) is 4.74 Å². The van der Waals surface area contributed by atoms with Gasteiger partial charge in [0, 0.05) is 17.8 Å². The molecule has 2 atom stereocenters. The summed E-state index contributed by atoms with van der Waals surface area (Å²) in [4.78, 5) is 25.6. The Kier molecular flexibility index (Phi) is 5.21. The molecule has 1 aromatic heterocycles. The maximum absolute atomic E-state index is 12.8. The lowest BCUT2D eigenvalue weighted by Gasteiger charge is -2.24. The van der Waals surface area contributed by atoms with E-state index >= 15 is 0 Å². The summed E-state index contributed by atoms with van der Waals surface area (Å²) in [5.74, 6) is -0.218. The molecule has 2 aliphatic rings. The van der Waals surface area contributed by atoms with Crippen LogP contribution in [0.2, 0.25) is 0 Å². The van der Waals surface area contributed by atoms with Gasteiger partial charge in [-0.1, -0.05) is 30.3 Å². The number of ether oxygens (including phenoxy) is 1. The van der Waals surface area contributed by atoms with E-state index in [1.165, 1.54) is 0 Å². The van der Waals surface area contributed by atoms with Gasteiger partial charge < -0.3 is 9.30 Å². The van der Waals surface area contributed by atoms with Crippen molar-refractivity contribution >= 4 is 24.2 Å². The molecule has 0 saturated carbocycles. The Bertz CT molecular complexity index is 812. The van der Waals surface area contributed by atoms with Gasteiger partial charge in [0.1, 0.15) is 5.41 Å². The van der Waals surface area contributed by atoms with E-state index in [2.05, 4.69) is 5.32 Å². The highest BCUT2D eigenvalue weighted by atomic mass is 35.5. The summed E-state index contributed by atoms with van der Waals surface area (Å²) in [7, 11) is 0. The molecule has 0 aliphatic carbocycles. The molecule has 26 heavy (non-hydrogen) atoms. The average Bonchev–Trinajstić information content (AvgIpc) is 3.34. The van der Waals surface area contributed by atoms with Crippen LogP contribution in [0.1, 0.15) is 47.9 Å². The van der Waals surface area contributed by atoms with E-state index in [9.17, 15) is 9.59 Å². The highest BCUT2D eigenvalue weighted by molar-refractivity contribution is 6.08. The molecule has 1 N–H and O–H groups in total. The summed E-state index contributed by atoms with van der Waals surface area (Å²) < 4.78 is 7.63. The summed E-state index contributed by atoms with van der Waals surface area (Å²) in [5, 5.41) is 3.19. The summed E-state index contributed by atoms with van der Waals surface area (Å²) in [6.07, 6.45) is 2.37. The molecule has 4 rings (SSSR count). The quantitative estimate of drug-likeness (QED) is 0.660. The molecule has 2 unspecified atom stereocenters. The molecule has 1 aromatic carbocycles. The highest BCUT2D eigenvalue weighted by Gasteiger charge is 2.45. The van der Waals surface area contributed by atoms with Crippen molar-refractivity contribution in [1.82, 2.24) is 9.88 Å². The maximum atomic E-state index is 12.8. The average molecular weight is 375 g/mol. The van der Waals surface area contributed by atoms with Crippen LogP contribution in [0.15, 0.2) is 42.5 Å². The molecule has 3 heterocycles. The number of nitrogens with one attached hydrogen (secondary N) is 1. The van der Waals surface area contributed by atoms with Gasteiger partial charge in [-0.05, 0) is 44.9 Å². The minimum atomic E-state index is -0.695. The Labute approximate surface area is 159 Å². The second-order valence-corrected chi connectivity index (χ2v) is 7.02. The number of hydrogen-bond donors (Lipinski definition) is 1. The van der Waals surface area contributed by atoms with Gasteiger partial charge in [-0.3, -0.25) is 14.9 Å². The Morgan fingerprint density at radius 1 is 1.19 bits per heavy atom. The molecule has 0 spiro atoms. The van der Waals surface area contributed by atoms with Crippen LogP contribution >= 0.6 is 12.4 Å². The van der Waals surface area contributed by atoms with Crippen LogP contribution in [0.5, 0.6) is 0 Å². The van der Waals surface area contributed by atoms with E-state index < -0.39 is 5.41 Å². The topological polar surface area (TPSA) is 60.3 Å². The van der Waals surface area contributed by atoms with Crippen molar-refractivity contribution in [3.05, 3.63) is 59.4 Å². The summed E-state index contributed by atoms with van der Waals surface area (Å²) in [6, 6.07) is 13.0. The smallest absolute Gasteiger partial charge is 0.319 e. The Balaban J connectivity index is 0.00000196. The van der Waals surface area contributed by atoms with Crippen LogP contribution in [-0.2, 0) is 21.5 Å². The van der Waals surface area contributed by atoms with E-state index in [-0.39, 0.29) is 30.4 Å². The number of nitrogens with zero attached hydrogens (tertiary/aromatic N) is 1. The number of ketones is 1. The van der Waals surface area contributed by atoms with Crippen molar-refractivity contribution in [2.45, 2.75) is 44.4 Å². The molecule has 1 saturated heterocycles. The van der Waals surface area contributed by atoms with E-state index in [0.29, 0.717) is 24.2 Å². The Hall–Kier alpha value is -2.11. The fourth-order valence-electron chi connectivity index (χ4n) is 3.81. The molecule has 1 fully saturated rings. The van der Waals surface area contributed by atoms with Crippen LogP contribution < -0.4 is 5.32 Å². The number of hydrogen-bond acceptors (Lipinski definition) is 4. The lowest BCUT2D eigenvalue weighted by atomic mass is 9.86. The first-order chi connectivity index (χ1) is 12.1. The molecule has 0 amide bonds. The molecule has 138 valence electrons. The fourth-order valence-corrected chi connectivity index (χ4v) is 3.81. The molecule has 0 bridgehead atoms. The third-order valence-electron chi connectivity index (χ3n) is 5.36. The van der Waals surface area contributed by atoms with Gasteiger partial charge in [-0.2, -0.15) is 0 Å². The van der Waals surface area contributed by atoms with E-state index in [1.807, 2.05) is 54.0 Å². The minimum Gasteiger partial charge on any atom is -0.446 e. The first-order valence-corrected chi connectivity index (χ1v) is 8.84. The van der Waals surface area contributed by atoms with Crippen molar-refractivity contribution in [1.29, 1.82) is 0 Å². The first-order valence-electron chi connectivity index (χ1n) is 8.84. The van der Waals surface area contributed by atoms with Gasteiger partial charge in [-0.15, -0.1) is 12.4 Å². The van der Waals surface area contributed by atoms with Crippen LogP contribution in [0.4, 0.5) is 0 Å². The first kappa shape index (κ1) is 18.7. The summed E-state index contributed by atoms with van der Waals surface area (Å²) >= 11 is 0. The molecule has 0 radical (unpaired) electrons. The third-order valence-corrected chi connectivity index (χ3v) is 5.36.